The van der Waals surface area contributed by atoms with Gasteiger partial charge in [-0.3, -0.25) is 14.4 Å². The van der Waals surface area contributed by atoms with Crippen molar-refractivity contribution in [3.05, 3.63) is 72.1 Å². The number of carboxylic acids is 1. The highest BCUT2D eigenvalue weighted by Gasteiger charge is 2.33. The summed E-state index contributed by atoms with van der Waals surface area (Å²) in [4.78, 5) is 58.9. The topological polar surface area (TPSA) is 182 Å². The maximum atomic E-state index is 13.6. The van der Waals surface area contributed by atoms with E-state index in [1.54, 1.807) is 6.20 Å². The maximum Gasteiger partial charge on any atom is 0.326 e. The van der Waals surface area contributed by atoms with Gasteiger partial charge in [-0.25, -0.2) is 4.79 Å². The number of para-hydroxylation sites is 2. The predicted octanol–water partition coefficient (Wildman–Crippen LogP) is 3.39. The molecule has 0 aliphatic heterocycles. The molecule has 0 aliphatic rings. The summed E-state index contributed by atoms with van der Waals surface area (Å²) in [5, 5.41) is 20.1. The quantitative estimate of drug-likeness (QED) is 0.107. The van der Waals surface area contributed by atoms with Gasteiger partial charge >= 0.3 is 5.97 Å². The van der Waals surface area contributed by atoms with Crippen LogP contribution < -0.4 is 21.7 Å². The van der Waals surface area contributed by atoms with Gasteiger partial charge in [0.2, 0.25) is 17.7 Å². The molecule has 0 radical (unpaired) electrons. The minimum absolute atomic E-state index is 0.0503. The first-order chi connectivity index (χ1) is 21.5. The fraction of sp³-hybridized carbons (Fsp3) is 0.412. The Hall–Kier alpha value is -4.64. The fourth-order valence-corrected chi connectivity index (χ4v) is 5.55. The van der Waals surface area contributed by atoms with E-state index in [1.165, 1.54) is 0 Å². The Morgan fingerprint density at radius 1 is 0.756 bits per heavy atom. The number of carbonyl (C=O) groups excluding carboxylic acids is 3. The van der Waals surface area contributed by atoms with Crippen molar-refractivity contribution >= 4 is 45.5 Å². The van der Waals surface area contributed by atoms with Crippen molar-refractivity contribution in [1.29, 1.82) is 0 Å². The van der Waals surface area contributed by atoms with Gasteiger partial charge in [0.1, 0.15) is 18.1 Å². The van der Waals surface area contributed by atoms with Gasteiger partial charge in [-0.15, -0.1) is 0 Å². The molecule has 45 heavy (non-hydrogen) atoms. The van der Waals surface area contributed by atoms with Gasteiger partial charge in [0.15, 0.2) is 0 Å². The van der Waals surface area contributed by atoms with Gasteiger partial charge < -0.3 is 36.8 Å². The number of amides is 3. The number of carbonyl (C=O) groups is 4. The van der Waals surface area contributed by atoms with Crippen LogP contribution in [0.4, 0.5) is 0 Å². The average Bonchev–Trinajstić information content (AvgIpc) is 3.62. The molecule has 5 atom stereocenters. The van der Waals surface area contributed by atoms with Gasteiger partial charge in [-0.1, -0.05) is 70.5 Å². The van der Waals surface area contributed by atoms with E-state index in [-0.39, 0.29) is 24.7 Å². The lowest BCUT2D eigenvalue weighted by Crippen LogP contribution is -2.59. The lowest BCUT2D eigenvalue weighted by molar-refractivity contribution is -0.142. The molecule has 0 bridgehead atoms. The third kappa shape index (κ3) is 8.30. The van der Waals surface area contributed by atoms with Crippen LogP contribution in [0.25, 0.3) is 21.8 Å². The van der Waals surface area contributed by atoms with E-state index in [9.17, 15) is 24.3 Å². The molecule has 4 rings (SSSR count). The highest BCUT2D eigenvalue weighted by Crippen LogP contribution is 2.21. The molecule has 0 spiro atoms. The van der Waals surface area contributed by atoms with Crippen LogP contribution in [-0.4, -0.2) is 62.9 Å². The van der Waals surface area contributed by atoms with Crippen LogP contribution in [0.15, 0.2) is 60.9 Å². The number of aromatic amines is 2. The molecular weight excluding hydrogens is 572 g/mol. The lowest BCUT2D eigenvalue weighted by Gasteiger charge is -2.28. The number of carboxylic acid groups (broad SMARTS) is 1. The standard InChI is InChI=1S/C34H44N6O5/c1-5-20(4)30(33(43)39-29(34(44)45)16-22-18-37-27-13-9-7-11-24(22)27)40-32(42)28(14-19(2)3)38-31(41)25(35)15-21-17-36-26-12-8-6-10-23(21)26/h6-13,17-20,25,28-30,36-37H,5,14-16,35H2,1-4H3,(H,38,41)(H,39,43)(H,40,42)(H,44,45)/t20-,25+,28+,29-,30-/m0/s1. The molecule has 0 aliphatic carbocycles. The van der Waals surface area contributed by atoms with E-state index in [0.717, 1.165) is 32.9 Å². The summed E-state index contributed by atoms with van der Waals surface area (Å²) in [7, 11) is 0. The van der Waals surface area contributed by atoms with Crippen LogP contribution in [0.5, 0.6) is 0 Å². The maximum absolute atomic E-state index is 13.6. The van der Waals surface area contributed by atoms with Crippen LogP contribution in [0.3, 0.4) is 0 Å². The molecule has 240 valence electrons. The number of fused-ring (bicyclic) bond motifs is 2. The van der Waals surface area contributed by atoms with Crippen molar-refractivity contribution in [2.45, 2.75) is 77.5 Å². The molecule has 0 saturated heterocycles. The van der Waals surface area contributed by atoms with E-state index >= 15 is 0 Å². The largest absolute Gasteiger partial charge is 0.480 e. The monoisotopic (exact) mass is 616 g/mol. The summed E-state index contributed by atoms with van der Waals surface area (Å²) in [6, 6.07) is 11.2. The van der Waals surface area contributed by atoms with Crippen molar-refractivity contribution < 1.29 is 24.3 Å². The number of nitrogens with one attached hydrogen (secondary N) is 5. The third-order valence-electron chi connectivity index (χ3n) is 8.30. The zero-order valence-electron chi connectivity index (χ0n) is 26.2. The summed E-state index contributed by atoms with van der Waals surface area (Å²) in [5.74, 6) is -3.05. The second kappa shape index (κ2) is 14.9. The van der Waals surface area contributed by atoms with Crippen molar-refractivity contribution in [1.82, 2.24) is 25.9 Å². The number of hydrogen-bond acceptors (Lipinski definition) is 5. The number of rotatable bonds is 15. The Kier molecular flexibility index (Phi) is 11.0. The normalized spacial score (nSPS) is 14.9. The van der Waals surface area contributed by atoms with Gasteiger partial charge in [0, 0.05) is 40.6 Å². The smallest absolute Gasteiger partial charge is 0.326 e. The van der Waals surface area contributed by atoms with Crippen LogP contribution in [0.2, 0.25) is 0 Å². The van der Waals surface area contributed by atoms with Crippen molar-refractivity contribution in [2.75, 3.05) is 0 Å². The van der Waals surface area contributed by atoms with Gasteiger partial charge in [0.25, 0.3) is 0 Å². The van der Waals surface area contributed by atoms with Crippen molar-refractivity contribution in [3.63, 3.8) is 0 Å². The molecule has 2 aromatic carbocycles. The lowest BCUT2D eigenvalue weighted by atomic mass is 9.95. The van der Waals surface area contributed by atoms with E-state index in [4.69, 9.17) is 5.73 Å². The summed E-state index contributed by atoms with van der Waals surface area (Å²) >= 11 is 0. The van der Waals surface area contributed by atoms with E-state index in [1.807, 2.05) is 82.4 Å². The van der Waals surface area contributed by atoms with E-state index in [0.29, 0.717) is 12.8 Å². The predicted molar refractivity (Wildman–Crippen MR) is 174 cm³/mol. The molecule has 2 aromatic heterocycles. The van der Waals surface area contributed by atoms with Crippen LogP contribution in [-0.2, 0) is 32.0 Å². The minimum atomic E-state index is -1.21. The molecule has 11 heteroatoms. The van der Waals surface area contributed by atoms with E-state index in [2.05, 4.69) is 25.9 Å². The first-order valence-corrected chi connectivity index (χ1v) is 15.5. The number of hydrogen-bond donors (Lipinski definition) is 7. The SMILES string of the molecule is CC[C@H](C)[C@H](NC(=O)[C@@H](CC(C)C)NC(=O)[C@H](N)Cc1c[nH]c2ccccc12)C(=O)N[C@@H](Cc1c[nH]c2ccccc12)C(=O)O. The zero-order valence-corrected chi connectivity index (χ0v) is 26.2. The Labute approximate surface area is 262 Å². The second-order valence-corrected chi connectivity index (χ2v) is 12.2. The highest BCUT2D eigenvalue weighted by molar-refractivity contribution is 5.95. The Morgan fingerprint density at radius 2 is 1.29 bits per heavy atom. The summed E-state index contributed by atoms with van der Waals surface area (Å²) < 4.78 is 0. The van der Waals surface area contributed by atoms with Crippen LogP contribution in [0, 0.1) is 11.8 Å². The van der Waals surface area contributed by atoms with Crippen molar-refractivity contribution in [2.24, 2.45) is 17.6 Å². The van der Waals surface area contributed by atoms with Crippen molar-refractivity contribution in [3.8, 4) is 0 Å². The molecule has 0 saturated carbocycles. The summed E-state index contributed by atoms with van der Waals surface area (Å²) in [6.07, 6.45) is 4.78. The molecule has 4 aromatic rings. The minimum Gasteiger partial charge on any atom is -0.480 e. The van der Waals surface area contributed by atoms with E-state index < -0.39 is 47.9 Å². The first kappa shape index (κ1) is 33.3. The van der Waals surface area contributed by atoms with Crippen LogP contribution in [0.1, 0.15) is 51.7 Å². The molecule has 0 unspecified atom stereocenters. The molecule has 11 nitrogen and oxygen atoms in total. The van der Waals surface area contributed by atoms with Gasteiger partial charge in [0.05, 0.1) is 6.04 Å². The molecule has 2 heterocycles. The Bertz CT molecular complexity index is 1640. The number of nitrogens with two attached hydrogens (primary N) is 1. The number of aliphatic carboxylic acids is 1. The Balaban J connectivity index is 1.45. The van der Waals surface area contributed by atoms with Crippen LogP contribution >= 0.6 is 0 Å². The average molecular weight is 617 g/mol. The molecule has 0 fully saturated rings. The zero-order chi connectivity index (χ0) is 32.7. The Morgan fingerprint density at radius 3 is 1.82 bits per heavy atom. The highest BCUT2D eigenvalue weighted by atomic mass is 16.4. The number of H-pyrrole nitrogens is 2. The summed E-state index contributed by atoms with van der Waals surface area (Å²) in [5.41, 5.74) is 9.75. The summed E-state index contributed by atoms with van der Waals surface area (Å²) in [6.45, 7) is 7.56. The second-order valence-electron chi connectivity index (χ2n) is 12.2. The third-order valence-corrected chi connectivity index (χ3v) is 8.30. The molecule has 8 N–H and O–H groups in total. The van der Waals surface area contributed by atoms with Gasteiger partial charge in [-0.05, 0) is 47.9 Å². The molecule has 3 amide bonds. The molecular formula is C34H44N6O5. The fourth-order valence-electron chi connectivity index (χ4n) is 5.55. The number of benzene rings is 2. The van der Waals surface area contributed by atoms with Gasteiger partial charge in [-0.2, -0.15) is 0 Å². The number of aromatic nitrogens is 2. The first-order valence-electron chi connectivity index (χ1n) is 15.5.